The van der Waals surface area contributed by atoms with Crippen LogP contribution in [0.5, 0.6) is 5.75 Å². The molecule has 1 saturated carbocycles. The molecule has 0 aliphatic heterocycles. The number of halogens is 2. The second kappa shape index (κ2) is 5.63. The molecule has 92 valence electrons. The van der Waals surface area contributed by atoms with Crippen LogP contribution in [0, 0.1) is 11.7 Å². The molecule has 1 aromatic rings. The van der Waals surface area contributed by atoms with Gasteiger partial charge in [0.15, 0.2) is 11.6 Å². The molecule has 1 fully saturated rings. The van der Waals surface area contributed by atoms with Gasteiger partial charge in [0.05, 0.1) is 6.61 Å². The van der Waals surface area contributed by atoms with Crippen molar-refractivity contribution in [1.82, 2.24) is 0 Å². The minimum atomic E-state index is -0.378. The highest BCUT2D eigenvalue weighted by Crippen LogP contribution is 2.25. The van der Waals surface area contributed by atoms with Gasteiger partial charge in [-0.1, -0.05) is 15.9 Å². The third-order valence-electron chi connectivity index (χ3n) is 3.05. The zero-order valence-corrected chi connectivity index (χ0v) is 11.0. The third kappa shape index (κ3) is 3.28. The monoisotopic (exact) mass is 300 g/mol. The van der Waals surface area contributed by atoms with E-state index in [4.69, 9.17) is 4.74 Å². The van der Waals surface area contributed by atoms with Crippen LogP contribution in [-0.2, 0) is 4.79 Å². The number of carbonyl (C=O) groups excluding carboxylic acids is 1. The Balaban J connectivity index is 1.83. The molecular weight excluding hydrogens is 287 g/mol. The Kier molecular flexibility index (Phi) is 4.15. The van der Waals surface area contributed by atoms with Crippen molar-refractivity contribution >= 4 is 21.7 Å². The van der Waals surface area contributed by atoms with Crippen LogP contribution in [0.2, 0.25) is 0 Å². The molecule has 0 aromatic heterocycles. The topological polar surface area (TPSA) is 26.3 Å². The maximum atomic E-state index is 13.4. The van der Waals surface area contributed by atoms with Crippen molar-refractivity contribution in [1.29, 1.82) is 0 Å². The maximum absolute atomic E-state index is 13.4. The van der Waals surface area contributed by atoms with Gasteiger partial charge in [0.2, 0.25) is 0 Å². The highest BCUT2D eigenvalue weighted by molar-refractivity contribution is 9.10. The Morgan fingerprint density at radius 1 is 1.47 bits per heavy atom. The summed E-state index contributed by atoms with van der Waals surface area (Å²) in [6, 6.07) is 4.70. The molecule has 0 radical (unpaired) electrons. The summed E-state index contributed by atoms with van der Waals surface area (Å²) in [4.78, 5) is 11.4. The van der Waals surface area contributed by atoms with Crippen molar-refractivity contribution in [3.63, 3.8) is 0 Å². The molecule has 2 nitrogen and oxygen atoms in total. The number of Topliss-reactive ketones (excluding diaryl/α,β-unsaturated/α-hetero) is 1. The second-order valence-corrected chi connectivity index (χ2v) is 5.18. The lowest BCUT2D eigenvalue weighted by Gasteiger charge is -2.10. The largest absolute Gasteiger partial charge is 0.490 e. The Morgan fingerprint density at radius 2 is 2.29 bits per heavy atom. The summed E-state index contributed by atoms with van der Waals surface area (Å²) < 4.78 is 19.4. The van der Waals surface area contributed by atoms with Gasteiger partial charge < -0.3 is 4.74 Å². The highest BCUT2D eigenvalue weighted by Gasteiger charge is 2.23. The zero-order chi connectivity index (χ0) is 12.3. The molecule has 0 saturated heterocycles. The number of carbonyl (C=O) groups is 1. The van der Waals surface area contributed by atoms with Crippen molar-refractivity contribution in [2.45, 2.75) is 25.7 Å². The van der Waals surface area contributed by atoms with Gasteiger partial charge >= 0.3 is 0 Å². The van der Waals surface area contributed by atoms with Gasteiger partial charge in [0.1, 0.15) is 5.78 Å². The first-order valence-electron chi connectivity index (χ1n) is 5.77. The van der Waals surface area contributed by atoms with E-state index in [2.05, 4.69) is 15.9 Å². The number of benzene rings is 1. The normalized spacial score (nSPS) is 19.6. The van der Waals surface area contributed by atoms with E-state index in [-0.39, 0.29) is 17.5 Å². The van der Waals surface area contributed by atoms with Crippen molar-refractivity contribution in [3.8, 4) is 5.75 Å². The molecule has 4 heteroatoms. The van der Waals surface area contributed by atoms with Gasteiger partial charge in [0, 0.05) is 16.8 Å². The van der Waals surface area contributed by atoms with E-state index in [1.165, 1.54) is 6.07 Å². The van der Waals surface area contributed by atoms with Crippen LogP contribution in [0.15, 0.2) is 22.7 Å². The van der Waals surface area contributed by atoms with Crippen molar-refractivity contribution in [3.05, 3.63) is 28.5 Å². The molecule has 1 aliphatic carbocycles. The van der Waals surface area contributed by atoms with Crippen molar-refractivity contribution in [2.75, 3.05) is 6.61 Å². The Morgan fingerprint density at radius 3 is 2.94 bits per heavy atom. The first-order valence-corrected chi connectivity index (χ1v) is 6.56. The van der Waals surface area contributed by atoms with Crippen LogP contribution in [0.25, 0.3) is 0 Å². The van der Waals surface area contributed by atoms with Gasteiger partial charge in [-0.15, -0.1) is 0 Å². The average Bonchev–Trinajstić information content (AvgIpc) is 2.68. The van der Waals surface area contributed by atoms with Gasteiger partial charge in [0.25, 0.3) is 0 Å². The van der Waals surface area contributed by atoms with Crippen molar-refractivity contribution in [2.24, 2.45) is 5.92 Å². The smallest absolute Gasteiger partial charge is 0.166 e. The molecule has 17 heavy (non-hydrogen) atoms. The number of ketones is 1. The Bertz CT molecular complexity index is 420. The van der Waals surface area contributed by atoms with Crippen LogP contribution in [0.1, 0.15) is 25.7 Å². The standard InChI is InChI=1S/C13H14BrFO2/c14-10-4-5-13(11(15)8-10)17-7-6-9-2-1-3-12(9)16/h4-5,8-9H,1-3,6-7H2. The molecule has 0 spiro atoms. The highest BCUT2D eigenvalue weighted by atomic mass is 79.9. The molecular formula is C13H14BrFO2. The molecule has 2 rings (SSSR count). The summed E-state index contributed by atoms with van der Waals surface area (Å²) in [5.41, 5.74) is 0. The molecule has 0 amide bonds. The number of hydrogen-bond acceptors (Lipinski definition) is 2. The molecule has 0 heterocycles. The first kappa shape index (κ1) is 12.6. The number of hydrogen-bond donors (Lipinski definition) is 0. The summed E-state index contributed by atoms with van der Waals surface area (Å²) in [6.45, 7) is 0.398. The first-order chi connectivity index (χ1) is 8.16. The van der Waals surface area contributed by atoms with Gasteiger partial charge in [-0.2, -0.15) is 0 Å². The van der Waals surface area contributed by atoms with E-state index < -0.39 is 0 Å². The van der Waals surface area contributed by atoms with E-state index in [1.54, 1.807) is 12.1 Å². The summed E-state index contributed by atoms with van der Waals surface area (Å²) in [5, 5.41) is 0. The molecule has 1 atom stereocenters. The van der Waals surface area contributed by atoms with Gasteiger partial charge in [-0.05, 0) is 37.5 Å². The fourth-order valence-electron chi connectivity index (χ4n) is 2.10. The molecule has 1 unspecified atom stereocenters. The number of rotatable bonds is 4. The van der Waals surface area contributed by atoms with Crippen LogP contribution in [0.4, 0.5) is 4.39 Å². The average molecular weight is 301 g/mol. The Labute approximate surface area is 108 Å². The maximum Gasteiger partial charge on any atom is 0.166 e. The summed E-state index contributed by atoms with van der Waals surface area (Å²) in [6.07, 6.45) is 3.31. The van der Waals surface area contributed by atoms with Crippen LogP contribution in [-0.4, -0.2) is 12.4 Å². The molecule has 0 N–H and O–H groups in total. The second-order valence-electron chi connectivity index (χ2n) is 4.27. The van der Waals surface area contributed by atoms with E-state index in [9.17, 15) is 9.18 Å². The summed E-state index contributed by atoms with van der Waals surface area (Å²) in [5.74, 6) is 0.314. The lowest BCUT2D eigenvalue weighted by Crippen LogP contribution is -2.11. The van der Waals surface area contributed by atoms with Crippen LogP contribution in [0.3, 0.4) is 0 Å². The van der Waals surface area contributed by atoms with E-state index in [1.807, 2.05) is 0 Å². The van der Waals surface area contributed by atoms with Gasteiger partial charge in [-0.25, -0.2) is 4.39 Å². The minimum absolute atomic E-state index is 0.119. The molecule has 1 aromatic carbocycles. The Hall–Kier alpha value is -0.900. The van der Waals surface area contributed by atoms with Crippen LogP contribution >= 0.6 is 15.9 Å². The minimum Gasteiger partial charge on any atom is -0.490 e. The van der Waals surface area contributed by atoms with Crippen LogP contribution < -0.4 is 4.74 Å². The lowest BCUT2D eigenvalue weighted by molar-refractivity contribution is -0.121. The molecule has 0 bridgehead atoms. The fraction of sp³-hybridized carbons (Fsp3) is 0.462. The van der Waals surface area contributed by atoms with E-state index >= 15 is 0 Å². The SMILES string of the molecule is O=C1CCCC1CCOc1ccc(Br)cc1F. The third-order valence-corrected chi connectivity index (χ3v) is 3.54. The summed E-state index contributed by atoms with van der Waals surface area (Å²) >= 11 is 3.19. The lowest BCUT2D eigenvalue weighted by atomic mass is 10.0. The van der Waals surface area contributed by atoms with Gasteiger partial charge in [-0.3, -0.25) is 4.79 Å². The zero-order valence-electron chi connectivity index (χ0n) is 9.42. The predicted molar refractivity (Wildman–Crippen MR) is 66.6 cm³/mol. The quantitative estimate of drug-likeness (QED) is 0.847. The van der Waals surface area contributed by atoms with E-state index in [0.29, 0.717) is 29.7 Å². The number of ether oxygens (including phenoxy) is 1. The molecule has 1 aliphatic rings. The van der Waals surface area contributed by atoms with E-state index in [0.717, 1.165) is 12.8 Å². The fourth-order valence-corrected chi connectivity index (χ4v) is 2.43. The summed E-state index contributed by atoms with van der Waals surface area (Å²) in [7, 11) is 0. The van der Waals surface area contributed by atoms with Crippen molar-refractivity contribution < 1.29 is 13.9 Å². The predicted octanol–water partition coefficient (Wildman–Crippen LogP) is 3.73.